The first-order valence-electron chi connectivity index (χ1n) is 5.20. The fraction of sp³-hybridized carbons (Fsp3) is 0.500. The predicted octanol–water partition coefficient (Wildman–Crippen LogP) is 2.83. The van der Waals surface area contributed by atoms with E-state index in [1.165, 1.54) is 11.1 Å². The van der Waals surface area contributed by atoms with Gasteiger partial charge in [-0.15, -0.1) is 0 Å². The smallest absolute Gasteiger partial charge is 0.148 e. The van der Waals surface area contributed by atoms with Gasteiger partial charge in [-0.1, -0.05) is 31.2 Å². The van der Waals surface area contributed by atoms with Gasteiger partial charge in [0.25, 0.3) is 0 Å². The maximum absolute atomic E-state index is 12.3. The lowest BCUT2D eigenvalue weighted by atomic mass is 10.0. The van der Waals surface area contributed by atoms with Crippen LogP contribution < -0.4 is 5.73 Å². The average molecular weight is 195 g/mol. The third kappa shape index (κ3) is 3.88. The number of benzene rings is 1. The first-order chi connectivity index (χ1) is 6.72. The van der Waals surface area contributed by atoms with Crippen LogP contribution >= 0.6 is 0 Å². The van der Waals surface area contributed by atoms with Crippen molar-refractivity contribution in [3.63, 3.8) is 0 Å². The first kappa shape index (κ1) is 11.2. The number of alkyl halides is 1. The minimum atomic E-state index is -1.16. The minimum absolute atomic E-state index is 0.455. The number of aryl methyl sites for hydroxylation is 2. The van der Waals surface area contributed by atoms with E-state index in [0.29, 0.717) is 6.42 Å². The molecule has 1 aromatic rings. The molecule has 1 aromatic carbocycles. The molecule has 0 saturated carbocycles. The van der Waals surface area contributed by atoms with Gasteiger partial charge in [0, 0.05) is 0 Å². The van der Waals surface area contributed by atoms with Gasteiger partial charge in [-0.25, -0.2) is 4.39 Å². The van der Waals surface area contributed by atoms with Crippen molar-refractivity contribution >= 4 is 0 Å². The third-order valence-electron chi connectivity index (χ3n) is 2.34. The molecule has 0 aromatic heterocycles. The van der Waals surface area contributed by atoms with Gasteiger partial charge in [-0.3, -0.25) is 0 Å². The Kier molecular flexibility index (Phi) is 4.60. The van der Waals surface area contributed by atoms with E-state index >= 15 is 0 Å². The van der Waals surface area contributed by atoms with Crippen molar-refractivity contribution in [1.82, 2.24) is 0 Å². The lowest BCUT2D eigenvalue weighted by Gasteiger charge is -2.04. The summed E-state index contributed by atoms with van der Waals surface area (Å²) in [5, 5.41) is 0. The average Bonchev–Trinajstić information content (AvgIpc) is 2.18. The highest BCUT2D eigenvalue weighted by atomic mass is 19.1. The molecule has 0 aliphatic heterocycles. The van der Waals surface area contributed by atoms with E-state index in [9.17, 15) is 4.39 Å². The van der Waals surface area contributed by atoms with E-state index in [1.807, 2.05) is 0 Å². The van der Waals surface area contributed by atoms with Crippen LogP contribution in [0.15, 0.2) is 24.3 Å². The summed E-state index contributed by atoms with van der Waals surface area (Å²) < 4.78 is 12.3. The molecule has 0 radical (unpaired) electrons. The Labute approximate surface area is 85.1 Å². The van der Waals surface area contributed by atoms with Gasteiger partial charge in [-0.2, -0.15) is 0 Å². The largest absolute Gasteiger partial charge is 0.302 e. The van der Waals surface area contributed by atoms with Crippen LogP contribution in [0.3, 0.4) is 0 Å². The van der Waals surface area contributed by atoms with Crippen molar-refractivity contribution in [1.29, 1.82) is 0 Å². The van der Waals surface area contributed by atoms with Crippen LogP contribution in [-0.2, 0) is 12.8 Å². The summed E-state index contributed by atoms with van der Waals surface area (Å²) in [6.45, 7) is 2.14. The second kappa shape index (κ2) is 5.76. The quantitative estimate of drug-likeness (QED) is 0.718. The van der Waals surface area contributed by atoms with Crippen molar-refractivity contribution < 1.29 is 4.39 Å². The molecule has 1 rings (SSSR count). The van der Waals surface area contributed by atoms with E-state index < -0.39 is 6.30 Å². The summed E-state index contributed by atoms with van der Waals surface area (Å²) in [6, 6.07) is 8.45. The molecule has 0 spiro atoms. The van der Waals surface area contributed by atoms with E-state index in [1.54, 1.807) is 0 Å². The van der Waals surface area contributed by atoms with Gasteiger partial charge in [0.05, 0.1) is 0 Å². The van der Waals surface area contributed by atoms with Crippen molar-refractivity contribution in [3.05, 3.63) is 35.4 Å². The lowest BCUT2D eigenvalue weighted by molar-refractivity contribution is 0.318. The SMILES string of the molecule is CCc1cccc(CCCC(N)F)c1. The highest BCUT2D eigenvalue weighted by Crippen LogP contribution is 2.10. The number of hydrogen-bond donors (Lipinski definition) is 1. The highest BCUT2D eigenvalue weighted by molar-refractivity contribution is 5.23. The second-order valence-corrected chi connectivity index (χ2v) is 3.58. The molecule has 2 heteroatoms. The lowest BCUT2D eigenvalue weighted by Crippen LogP contribution is -2.12. The van der Waals surface area contributed by atoms with E-state index in [2.05, 4.69) is 31.2 Å². The molecule has 0 aliphatic carbocycles. The molecule has 1 atom stereocenters. The molecule has 0 aliphatic rings. The van der Waals surface area contributed by atoms with Crippen LogP contribution in [0.25, 0.3) is 0 Å². The molecule has 1 unspecified atom stereocenters. The minimum Gasteiger partial charge on any atom is -0.302 e. The monoisotopic (exact) mass is 195 g/mol. The summed E-state index contributed by atoms with van der Waals surface area (Å²) in [7, 11) is 0. The topological polar surface area (TPSA) is 26.0 Å². The van der Waals surface area contributed by atoms with Crippen molar-refractivity contribution in [3.8, 4) is 0 Å². The summed E-state index contributed by atoms with van der Waals surface area (Å²) in [5.41, 5.74) is 7.67. The Morgan fingerprint density at radius 2 is 2.07 bits per heavy atom. The molecule has 0 saturated heterocycles. The van der Waals surface area contributed by atoms with Gasteiger partial charge in [0.1, 0.15) is 6.30 Å². The van der Waals surface area contributed by atoms with Crippen LogP contribution in [0.1, 0.15) is 30.9 Å². The van der Waals surface area contributed by atoms with Crippen LogP contribution in [0, 0.1) is 0 Å². The van der Waals surface area contributed by atoms with Crippen molar-refractivity contribution in [2.75, 3.05) is 0 Å². The van der Waals surface area contributed by atoms with E-state index in [4.69, 9.17) is 5.73 Å². The zero-order valence-electron chi connectivity index (χ0n) is 8.67. The molecule has 0 amide bonds. The van der Waals surface area contributed by atoms with E-state index in [0.717, 1.165) is 19.3 Å². The summed E-state index contributed by atoms with van der Waals surface area (Å²) in [6.07, 6.45) is 2.09. The summed E-state index contributed by atoms with van der Waals surface area (Å²) >= 11 is 0. The van der Waals surface area contributed by atoms with Gasteiger partial charge >= 0.3 is 0 Å². The Bertz CT molecular complexity index is 271. The highest BCUT2D eigenvalue weighted by Gasteiger charge is 1.99. The summed E-state index contributed by atoms with van der Waals surface area (Å²) in [5.74, 6) is 0. The fourth-order valence-electron chi connectivity index (χ4n) is 1.51. The Morgan fingerprint density at radius 1 is 1.36 bits per heavy atom. The second-order valence-electron chi connectivity index (χ2n) is 3.58. The molecule has 2 N–H and O–H groups in total. The Balaban J connectivity index is 2.42. The van der Waals surface area contributed by atoms with Crippen LogP contribution in [0.2, 0.25) is 0 Å². The molecule has 0 bridgehead atoms. The first-order valence-corrected chi connectivity index (χ1v) is 5.20. The molecular weight excluding hydrogens is 177 g/mol. The predicted molar refractivity (Wildman–Crippen MR) is 57.8 cm³/mol. The van der Waals surface area contributed by atoms with Crippen molar-refractivity contribution in [2.45, 2.75) is 38.9 Å². The molecule has 0 heterocycles. The molecule has 1 nitrogen and oxygen atoms in total. The van der Waals surface area contributed by atoms with Crippen molar-refractivity contribution in [2.24, 2.45) is 5.73 Å². The maximum Gasteiger partial charge on any atom is 0.148 e. The van der Waals surface area contributed by atoms with Gasteiger partial charge in [0.15, 0.2) is 0 Å². The number of rotatable bonds is 5. The molecule has 0 fully saturated rings. The molecule has 14 heavy (non-hydrogen) atoms. The number of halogens is 1. The Morgan fingerprint density at radius 3 is 2.71 bits per heavy atom. The zero-order chi connectivity index (χ0) is 10.4. The van der Waals surface area contributed by atoms with Gasteiger partial charge in [0.2, 0.25) is 0 Å². The van der Waals surface area contributed by atoms with Crippen LogP contribution in [-0.4, -0.2) is 6.30 Å². The fourth-order valence-corrected chi connectivity index (χ4v) is 1.51. The Hall–Kier alpha value is -0.890. The van der Waals surface area contributed by atoms with E-state index in [-0.39, 0.29) is 0 Å². The normalized spacial score (nSPS) is 12.8. The maximum atomic E-state index is 12.3. The zero-order valence-corrected chi connectivity index (χ0v) is 8.67. The number of hydrogen-bond acceptors (Lipinski definition) is 1. The third-order valence-corrected chi connectivity index (χ3v) is 2.34. The summed E-state index contributed by atoms with van der Waals surface area (Å²) in [4.78, 5) is 0. The molecular formula is C12H18FN. The molecule has 78 valence electrons. The standard InChI is InChI=1S/C12H18FN/c1-2-10-5-3-6-11(9-10)7-4-8-12(13)14/h3,5-6,9,12H,2,4,7-8,14H2,1H3. The number of nitrogens with two attached hydrogens (primary N) is 1. The van der Waals surface area contributed by atoms with Gasteiger partial charge in [-0.05, 0) is 36.8 Å². The van der Waals surface area contributed by atoms with Gasteiger partial charge < -0.3 is 5.73 Å². The van der Waals surface area contributed by atoms with Crippen LogP contribution in [0.5, 0.6) is 0 Å². The van der Waals surface area contributed by atoms with Crippen LogP contribution in [0.4, 0.5) is 4.39 Å².